The molecule has 1 amide bonds. The second-order valence-corrected chi connectivity index (χ2v) is 8.16. The first kappa shape index (κ1) is 16.5. The zero-order valence-electron chi connectivity index (χ0n) is 13.0. The highest BCUT2D eigenvalue weighted by molar-refractivity contribution is 7.89. The zero-order chi connectivity index (χ0) is 17.5. The monoisotopic (exact) mass is 365 g/mol. The lowest BCUT2D eigenvalue weighted by Crippen LogP contribution is -2.37. The van der Waals surface area contributed by atoms with Gasteiger partial charge in [-0.15, -0.1) is 11.3 Å². The number of sulfonamides is 1. The lowest BCUT2D eigenvalue weighted by Gasteiger charge is -2.28. The molecule has 0 bridgehead atoms. The molecule has 0 fully saturated rings. The summed E-state index contributed by atoms with van der Waals surface area (Å²) in [4.78, 5) is 17.5. The van der Waals surface area contributed by atoms with E-state index in [0.717, 1.165) is 15.6 Å². The summed E-state index contributed by atoms with van der Waals surface area (Å²) in [5.41, 5.74) is -0.226. The fourth-order valence-corrected chi connectivity index (χ4v) is 4.51. The number of amides is 1. The fourth-order valence-electron chi connectivity index (χ4n) is 2.37. The van der Waals surface area contributed by atoms with Gasteiger partial charge in [0.2, 0.25) is 0 Å². The molecule has 0 spiro atoms. The van der Waals surface area contributed by atoms with Gasteiger partial charge in [0.1, 0.15) is 0 Å². The lowest BCUT2D eigenvalue weighted by molar-refractivity contribution is -0.113. The number of benzene rings is 1. The Morgan fingerprint density at radius 3 is 2.75 bits per heavy atom. The average molecular weight is 365 g/mol. The van der Waals surface area contributed by atoms with Crippen LogP contribution in [0.3, 0.4) is 0 Å². The Morgan fingerprint density at radius 2 is 2.08 bits per heavy atom. The molecule has 2 heterocycles. The molecule has 0 atom stereocenters. The Bertz CT molecular complexity index is 947. The van der Waals surface area contributed by atoms with Crippen molar-refractivity contribution in [1.29, 1.82) is 0 Å². The number of hydrogen-bond donors (Lipinski definition) is 2. The molecule has 3 rings (SSSR count). The van der Waals surface area contributed by atoms with E-state index < -0.39 is 15.9 Å². The van der Waals surface area contributed by atoms with E-state index in [9.17, 15) is 18.3 Å². The normalized spacial score (nSPS) is 16.0. The van der Waals surface area contributed by atoms with Gasteiger partial charge in [-0.3, -0.25) is 14.4 Å². The number of rotatable bonds is 3. The number of aromatic nitrogens is 1. The molecular formula is C15H15N3O4S2. The van der Waals surface area contributed by atoms with Gasteiger partial charge in [-0.25, -0.2) is 13.4 Å². The van der Waals surface area contributed by atoms with Crippen molar-refractivity contribution in [3.8, 4) is 0 Å². The molecule has 0 saturated heterocycles. The predicted molar refractivity (Wildman–Crippen MR) is 91.1 cm³/mol. The fraction of sp³-hybridized carbons (Fsp3) is 0.200. The van der Waals surface area contributed by atoms with Crippen LogP contribution in [0.4, 0.5) is 5.13 Å². The maximum Gasteiger partial charge on any atom is 0.278 e. The quantitative estimate of drug-likeness (QED) is 0.869. The van der Waals surface area contributed by atoms with Gasteiger partial charge in [-0.2, -0.15) is 0 Å². The first-order chi connectivity index (χ1) is 11.4. The standard InChI is InChI=1S/C15H15N3O4S2/c1-3-9-8-16-15(23-9)17-14(20)12-13(19)10-6-4-5-7-11(10)24(21,22)18(12)2/h4-8,19H,3H2,1-2H3,(H,16,17,20). The molecule has 2 N–H and O–H groups in total. The highest BCUT2D eigenvalue weighted by Crippen LogP contribution is 2.34. The second kappa shape index (κ2) is 5.91. The maximum atomic E-state index is 12.6. The van der Waals surface area contributed by atoms with Crippen LogP contribution >= 0.6 is 11.3 Å². The number of fused-ring (bicyclic) bond motifs is 1. The molecule has 2 aromatic rings. The van der Waals surface area contributed by atoms with Crippen LogP contribution in [0, 0.1) is 0 Å². The molecule has 0 saturated carbocycles. The Morgan fingerprint density at radius 1 is 1.38 bits per heavy atom. The Balaban J connectivity index is 2.04. The minimum absolute atomic E-state index is 0.0379. The smallest absolute Gasteiger partial charge is 0.278 e. The molecule has 1 aromatic heterocycles. The van der Waals surface area contributed by atoms with Crippen LogP contribution in [-0.4, -0.2) is 35.8 Å². The van der Waals surface area contributed by atoms with Gasteiger partial charge in [0.15, 0.2) is 16.6 Å². The first-order valence-electron chi connectivity index (χ1n) is 7.14. The molecule has 126 valence electrons. The van der Waals surface area contributed by atoms with Gasteiger partial charge in [0.05, 0.1) is 4.90 Å². The van der Waals surface area contributed by atoms with Crippen molar-refractivity contribution in [1.82, 2.24) is 9.29 Å². The molecule has 0 unspecified atom stereocenters. The van der Waals surface area contributed by atoms with Crippen molar-refractivity contribution < 1.29 is 18.3 Å². The molecular weight excluding hydrogens is 350 g/mol. The van der Waals surface area contributed by atoms with Gasteiger partial charge >= 0.3 is 0 Å². The van der Waals surface area contributed by atoms with E-state index in [1.54, 1.807) is 18.3 Å². The van der Waals surface area contributed by atoms with E-state index in [-0.39, 0.29) is 21.9 Å². The summed E-state index contributed by atoms with van der Waals surface area (Å²) in [6.45, 7) is 1.96. The SMILES string of the molecule is CCc1cnc(NC(=O)C2=C(O)c3ccccc3S(=O)(=O)N2C)s1. The van der Waals surface area contributed by atoms with Gasteiger partial charge in [-0.1, -0.05) is 19.1 Å². The second-order valence-electron chi connectivity index (χ2n) is 5.11. The van der Waals surface area contributed by atoms with Gasteiger partial charge in [-0.05, 0) is 18.6 Å². The number of aliphatic hydroxyl groups excluding tert-OH is 1. The van der Waals surface area contributed by atoms with Crippen molar-refractivity contribution in [3.63, 3.8) is 0 Å². The predicted octanol–water partition coefficient (Wildman–Crippen LogP) is 2.20. The number of likely N-dealkylation sites (N-methyl/N-ethyl adjacent to an activating group) is 1. The lowest BCUT2D eigenvalue weighted by atomic mass is 10.1. The summed E-state index contributed by atoms with van der Waals surface area (Å²) in [6, 6.07) is 6.01. The van der Waals surface area contributed by atoms with E-state index in [1.165, 1.54) is 30.5 Å². The molecule has 7 nitrogen and oxygen atoms in total. The first-order valence-corrected chi connectivity index (χ1v) is 9.39. The summed E-state index contributed by atoms with van der Waals surface area (Å²) >= 11 is 1.30. The minimum atomic E-state index is -3.90. The number of aryl methyl sites for hydroxylation is 1. The molecule has 9 heteroatoms. The van der Waals surface area contributed by atoms with Crippen LogP contribution in [0.1, 0.15) is 17.4 Å². The van der Waals surface area contributed by atoms with E-state index in [0.29, 0.717) is 5.13 Å². The van der Waals surface area contributed by atoms with Crippen LogP contribution in [-0.2, 0) is 21.2 Å². The highest BCUT2D eigenvalue weighted by atomic mass is 32.2. The number of carbonyl (C=O) groups excluding carboxylic acids is 1. The van der Waals surface area contributed by atoms with Crippen LogP contribution in [0.2, 0.25) is 0 Å². The zero-order valence-corrected chi connectivity index (χ0v) is 14.6. The van der Waals surface area contributed by atoms with Crippen molar-refractivity contribution in [3.05, 3.63) is 46.6 Å². The summed E-state index contributed by atoms with van der Waals surface area (Å²) in [5.74, 6) is -1.11. The van der Waals surface area contributed by atoms with Crippen molar-refractivity contribution in [2.45, 2.75) is 18.2 Å². The largest absolute Gasteiger partial charge is 0.505 e. The van der Waals surface area contributed by atoms with Crippen LogP contribution in [0.25, 0.3) is 5.76 Å². The maximum absolute atomic E-state index is 12.6. The summed E-state index contributed by atoms with van der Waals surface area (Å²) in [6.07, 6.45) is 2.42. The molecule has 1 aliphatic heterocycles. The number of nitrogens with one attached hydrogen (secondary N) is 1. The summed E-state index contributed by atoms with van der Waals surface area (Å²) in [5, 5.41) is 13.3. The molecule has 0 aliphatic carbocycles. The Hall–Kier alpha value is -2.39. The Kier molecular flexibility index (Phi) is 4.06. The highest BCUT2D eigenvalue weighted by Gasteiger charge is 2.37. The number of hydrogen-bond acceptors (Lipinski definition) is 6. The van der Waals surface area contributed by atoms with Gasteiger partial charge < -0.3 is 5.11 Å². The van der Waals surface area contributed by atoms with Crippen LogP contribution in [0.5, 0.6) is 0 Å². The van der Waals surface area contributed by atoms with Crippen molar-refractivity contribution >= 4 is 38.2 Å². The van der Waals surface area contributed by atoms with Crippen molar-refractivity contribution in [2.24, 2.45) is 0 Å². The van der Waals surface area contributed by atoms with E-state index in [4.69, 9.17) is 0 Å². The van der Waals surface area contributed by atoms with Gasteiger partial charge in [0.25, 0.3) is 15.9 Å². The van der Waals surface area contributed by atoms with E-state index in [1.807, 2.05) is 6.92 Å². The molecule has 24 heavy (non-hydrogen) atoms. The number of aliphatic hydroxyl groups is 1. The van der Waals surface area contributed by atoms with Crippen LogP contribution < -0.4 is 5.32 Å². The molecule has 0 radical (unpaired) electrons. The summed E-state index contributed by atoms with van der Waals surface area (Å²) < 4.78 is 25.9. The van der Waals surface area contributed by atoms with E-state index in [2.05, 4.69) is 10.3 Å². The van der Waals surface area contributed by atoms with Crippen LogP contribution in [0.15, 0.2) is 41.1 Å². The minimum Gasteiger partial charge on any atom is -0.505 e. The number of carbonyl (C=O) groups is 1. The number of anilines is 1. The third kappa shape index (κ3) is 2.55. The topological polar surface area (TPSA) is 99.6 Å². The molecule has 1 aromatic carbocycles. The third-order valence-electron chi connectivity index (χ3n) is 3.66. The molecule has 1 aliphatic rings. The van der Waals surface area contributed by atoms with Crippen molar-refractivity contribution in [2.75, 3.05) is 12.4 Å². The van der Waals surface area contributed by atoms with Gasteiger partial charge in [0, 0.05) is 23.7 Å². The number of thiazole rings is 1. The number of nitrogens with zero attached hydrogens (tertiary/aromatic N) is 2. The summed E-state index contributed by atoms with van der Waals surface area (Å²) in [7, 11) is -2.67. The Labute approximate surface area is 143 Å². The van der Waals surface area contributed by atoms with E-state index >= 15 is 0 Å². The average Bonchev–Trinajstić information content (AvgIpc) is 3.01. The third-order valence-corrected chi connectivity index (χ3v) is 6.53.